The van der Waals surface area contributed by atoms with Crippen LogP contribution in [0.5, 0.6) is 11.5 Å². The second-order valence-corrected chi connectivity index (χ2v) is 13.8. The smallest absolute Gasteiger partial charge is 0.304 e. The molecule has 1 aliphatic heterocycles. The first-order valence-electron chi connectivity index (χ1n) is 14.8. The lowest BCUT2D eigenvalue weighted by Crippen LogP contribution is -2.26. The van der Waals surface area contributed by atoms with Crippen molar-refractivity contribution in [1.29, 1.82) is 0 Å². The van der Waals surface area contributed by atoms with Gasteiger partial charge < -0.3 is 19.1 Å². The standard InChI is InChI=1S/C34H35NO7S/c36-34(37)20-32(33-12-15-42-35-33)26-6-8-28(9-7-26)40-22-24-4-5-25-2-1-3-27-19-29(10-11-30(27)31(25)18-24)41-21-23-13-16-43(38,39)17-14-23/h4-12,15,18-19,23,32H,1-3,13-14,16-17,20-22H2,(H,36,37). The summed E-state index contributed by atoms with van der Waals surface area (Å²) in [5, 5.41) is 13.3. The van der Waals surface area contributed by atoms with Gasteiger partial charge in [-0.15, -0.1) is 0 Å². The van der Waals surface area contributed by atoms with Crippen molar-refractivity contribution in [3.05, 3.63) is 101 Å². The fraction of sp³-hybridized carbons (Fsp3) is 0.353. The normalized spacial score (nSPS) is 16.8. The van der Waals surface area contributed by atoms with E-state index in [2.05, 4.69) is 35.5 Å². The van der Waals surface area contributed by atoms with Gasteiger partial charge in [0.05, 0.1) is 30.2 Å². The Kier molecular flexibility index (Phi) is 8.51. The lowest BCUT2D eigenvalue weighted by Gasteiger charge is -2.22. The molecule has 43 heavy (non-hydrogen) atoms. The molecule has 8 nitrogen and oxygen atoms in total. The Bertz CT molecular complexity index is 1670. The van der Waals surface area contributed by atoms with Gasteiger partial charge in [0.2, 0.25) is 0 Å². The fourth-order valence-corrected chi connectivity index (χ4v) is 7.62. The molecule has 1 aromatic heterocycles. The van der Waals surface area contributed by atoms with E-state index in [1.807, 2.05) is 30.3 Å². The second-order valence-electron chi connectivity index (χ2n) is 11.5. The third kappa shape index (κ3) is 7.10. The van der Waals surface area contributed by atoms with E-state index in [0.29, 0.717) is 37.5 Å². The number of ether oxygens (including phenoxy) is 2. The monoisotopic (exact) mass is 601 g/mol. The van der Waals surface area contributed by atoms with E-state index < -0.39 is 21.7 Å². The van der Waals surface area contributed by atoms with Gasteiger partial charge >= 0.3 is 5.97 Å². The van der Waals surface area contributed by atoms with Gasteiger partial charge in [-0.1, -0.05) is 35.5 Å². The second kappa shape index (κ2) is 12.6. The molecule has 1 fully saturated rings. The predicted octanol–water partition coefficient (Wildman–Crippen LogP) is 6.22. The molecule has 1 saturated heterocycles. The van der Waals surface area contributed by atoms with Gasteiger partial charge in [0.15, 0.2) is 0 Å². The highest BCUT2D eigenvalue weighted by molar-refractivity contribution is 7.91. The largest absolute Gasteiger partial charge is 0.493 e. The lowest BCUT2D eigenvalue weighted by molar-refractivity contribution is -0.137. The molecule has 0 radical (unpaired) electrons. The third-order valence-corrected chi connectivity index (χ3v) is 10.2. The molecule has 6 rings (SSSR count). The Morgan fingerprint density at radius 2 is 1.67 bits per heavy atom. The van der Waals surface area contributed by atoms with Crippen molar-refractivity contribution in [2.45, 2.75) is 51.0 Å². The summed E-state index contributed by atoms with van der Waals surface area (Å²) in [4.78, 5) is 11.4. The summed E-state index contributed by atoms with van der Waals surface area (Å²) in [7, 11) is -2.87. The van der Waals surface area contributed by atoms with Crippen molar-refractivity contribution in [3.63, 3.8) is 0 Å². The number of hydrogen-bond donors (Lipinski definition) is 1. The zero-order chi connectivity index (χ0) is 29.8. The molecule has 1 unspecified atom stereocenters. The number of benzene rings is 3. The zero-order valence-electron chi connectivity index (χ0n) is 23.9. The van der Waals surface area contributed by atoms with Crippen molar-refractivity contribution >= 4 is 15.8 Å². The Morgan fingerprint density at radius 3 is 2.42 bits per heavy atom. The van der Waals surface area contributed by atoms with E-state index in [1.54, 1.807) is 6.07 Å². The highest BCUT2D eigenvalue weighted by atomic mass is 32.2. The van der Waals surface area contributed by atoms with Crippen molar-refractivity contribution in [3.8, 4) is 22.6 Å². The van der Waals surface area contributed by atoms with E-state index >= 15 is 0 Å². The summed E-state index contributed by atoms with van der Waals surface area (Å²) < 4.78 is 40.7. The number of carboxylic acids is 1. The van der Waals surface area contributed by atoms with E-state index in [0.717, 1.165) is 36.1 Å². The number of aryl methyl sites for hydroxylation is 2. The number of carboxylic acid groups (broad SMARTS) is 1. The maximum atomic E-state index is 11.7. The number of hydrogen-bond acceptors (Lipinski definition) is 7. The Hall–Kier alpha value is -4.11. The van der Waals surface area contributed by atoms with Crippen LogP contribution in [0.3, 0.4) is 0 Å². The van der Waals surface area contributed by atoms with Crippen molar-refractivity contribution in [2.75, 3.05) is 18.1 Å². The van der Waals surface area contributed by atoms with Gasteiger partial charge in [0, 0.05) is 12.0 Å². The van der Waals surface area contributed by atoms with E-state index in [4.69, 9.17) is 14.0 Å². The first-order valence-corrected chi connectivity index (χ1v) is 16.6. The highest BCUT2D eigenvalue weighted by Crippen LogP contribution is 2.36. The first-order chi connectivity index (χ1) is 20.8. The number of fused-ring (bicyclic) bond motifs is 3. The van der Waals surface area contributed by atoms with Crippen LogP contribution in [-0.2, 0) is 34.1 Å². The number of aromatic nitrogens is 1. The summed E-state index contributed by atoms with van der Waals surface area (Å²) in [5.74, 6) is 1.04. The van der Waals surface area contributed by atoms with Crippen LogP contribution in [0.1, 0.15) is 59.5 Å². The Labute approximate surface area is 251 Å². The number of aliphatic carboxylic acids is 1. The van der Waals surface area contributed by atoms with E-state index in [9.17, 15) is 18.3 Å². The average molecular weight is 602 g/mol. The predicted molar refractivity (Wildman–Crippen MR) is 162 cm³/mol. The minimum Gasteiger partial charge on any atom is -0.493 e. The SMILES string of the molecule is O=C(O)CC(c1ccc(OCc2ccc3c(c2)-c2ccc(OCC4CCS(=O)(=O)CC4)cc2CCC3)cc1)c1ccon1. The molecule has 1 atom stereocenters. The molecule has 0 saturated carbocycles. The topological polar surface area (TPSA) is 116 Å². The molecule has 1 aliphatic carbocycles. The molecule has 1 N–H and O–H groups in total. The maximum absolute atomic E-state index is 11.7. The zero-order valence-corrected chi connectivity index (χ0v) is 24.7. The lowest BCUT2D eigenvalue weighted by atomic mass is 9.92. The molecular formula is C34H35NO7S. The van der Waals surface area contributed by atoms with Crippen LogP contribution in [0.2, 0.25) is 0 Å². The van der Waals surface area contributed by atoms with Crippen molar-refractivity contribution < 1.29 is 32.3 Å². The van der Waals surface area contributed by atoms with Gasteiger partial charge in [-0.25, -0.2) is 8.42 Å². The van der Waals surface area contributed by atoms with Gasteiger partial charge in [0.25, 0.3) is 0 Å². The number of carbonyl (C=O) groups is 1. The summed E-state index contributed by atoms with van der Waals surface area (Å²) in [6, 6.07) is 22.0. The number of sulfone groups is 1. The third-order valence-electron chi connectivity index (χ3n) is 8.47. The molecule has 2 aliphatic rings. The average Bonchev–Trinajstić information content (AvgIpc) is 3.48. The molecule has 4 aromatic rings. The molecule has 3 aromatic carbocycles. The minimum absolute atomic E-state index is 0.0795. The summed E-state index contributed by atoms with van der Waals surface area (Å²) in [6.45, 7) is 0.954. The molecule has 0 bridgehead atoms. The maximum Gasteiger partial charge on any atom is 0.304 e. The van der Waals surface area contributed by atoms with Crippen LogP contribution in [0.25, 0.3) is 11.1 Å². The van der Waals surface area contributed by atoms with Crippen molar-refractivity contribution in [2.24, 2.45) is 5.92 Å². The Balaban J connectivity index is 1.12. The number of nitrogens with zero attached hydrogens (tertiary/aromatic N) is 1. The molecule has 0 amide bonds. The van der Waals surface area contributed by atoms with Crippen LogP contribution >= 0.6 is 0 Å². The summed E-state index contributed by atoms with van der Waals surface area (Å²) in [6.07, 6.45) is 5.74. The van der Waals surface area contributed by atoms with Gasteiger partial charge in [-0.2, -0.15) is 0 Å². The first kappa shape index (κ1) is 29.0. The van der Waals surface area contributed by atoms with Crippen LogP contribution in [0.15, 0.2) is 77.5 Å². The van der Waals surface area contributed by atoms with Gasteiger partial charge in [-0.05, 0) is 102 Å². The van der Waals surface area contributed by atoms with Gasteiger partial charge in [0.1, 0.15) is 34.2 Å². The van der Waals surface area contributed by atoms with Gasteiger partial charge in [-0.3, -0.25) is 4.79 Å². The highest BCUT2D eigenvalue weighted by Gasteiger charge is 2.24. The summed E-state index contributed by atoms with van der Waals surface area (Å²) >= 11 is 0. The van der Waals surface area contributed by atoms with Crippen LogP contribution in [0.4, 0.5) is 0 Å². The molecule has 9 heteroatoms. The fourth-order valence-electron chi connectivity index (χ4n) is 6.03. The van der Waals surface area contributed by atoms with Crippen LogP contribution in [-0.4, -0.2) is 42.8 Å². The van der Waals surface area contributed by atoms with E-state index in [1.165, 1.54) is 28.5 Å². The molecule has 0 spiro atoms. The summed E-state index contributed by atoms with van der Waals surface area (Å²) in [5.41, 5.74) is 7.50. The molecule has 224 valence electrons. The molecule has 2 heterocycles. The molecular weight excluding hydrogens is 566 g/mol. The number of rotatable bonds is 10. The van der Waals surface area contributed by atoms with Crippen LogP contribution in [0, 0.1) is 5.92 Å². The van der Waals surface area contributed by atoms with Crippen LogP contribution < -0.4 is 9.47 Å². The quantitative estimate of drug-likeness (QED) is 0.228. The van der Waals surface area contributed by atoms with Crippen molar-refractivity contribution in [1.82, 2.24) is 5.16 Å². The minimum atomic E-state index is -2.87. The Morgan fingerprint density at radius 1 is 0.907 bits per heavy atom. The van der Waals surface area contributed by atoms with E-state index in [-0.39, 0.29) is 23.8 Å².